The molecule has 0 unspecified atom stereocenters. The molecule has 0 aliphatic heterocycles. The number of carbonyl (C=O) groups excluding carboxylic acids is 2. The van der Waals surface area contributed by atoms with Gasteiger partial charge >= 0.3 is 18.2 Å². The molecule has 104 valence electrons. The van der Waals surface area contributed by atoms with Crippen molar-refractivity contribution in [3.8, 4) is 0 Å². The molecule has 0 radical (unpaired) electrons. The van der Waals surface area contributed by atoms with Crippen molar-refractivity contribution in [2.24, 2.45) is 5.73 Å². The van der Waals surface area contributed by atoms with Crippen molar-refractivity contribution < 1.29 is 27.6 Å². The van der Waals surface area contributed by atoms with Gasteiger partial charge in [0.15, 0.2) is 0 Å². The largest absolute Gasteiger partial charge is 0.493 e. The number of rotatable bonds is 1. The molecule has 0 heterocycles. The van der Waals surface area contributed by atoms with Gasteiger partial charge < -0.3 is 10.6 Å². The highest BCUT2D eigenvalue weighted by Crippen LogP contribution is 2.33. The van der Waals surface area contributed by atoms with Crippen molar-refractivity contribution in [1.82, 2.24) is 0 Å². The fourth-order valence-corrected chi connectivity index (χ4v) is 1.37. The van der Waals surface area contributed by atoms with E-state index in [-0.39, 0.29) is 20.8 Å². The summed E-state index contributed by atoms with van der Waals surface area (Å²) in [7, 11) is 0. The Morgan fingerprint density at radius 2 is 1.84 bits per heavy atom. The molecule has 5 nitrogen and oxygen atoms in total. The number of nitrogens with zero attached hydrogens (tertiary/aromatic N) is 1. The van der Waals surface area contributed by atoms with Crippen LogP contribution in [0.4, 0.5) is 23.7 Å². The van der Waals surface area contributed by atoms with E-state index in [1.54, 1.807) is 0 Å². The lowest BCUT2D eigenvalue weighted by molar-refractivity contribution is -0.199. The molecule has 0 atom stereocenters. The number of carbonyl (C=O) groups is 2. The third kappa shape index (κ3) is 3.65. The summed E-state index contributed by atoms with van der Waals surface area (Å²) >= 11 is 11.3. The van der Waals surface area contributed by atoms with Crippen LogP contribution in [0, 0.1) is 0 Å². The molecule has 0 fully saturated rings. The quantitative estimate of drug-likeness (QED) is 0.810. The molecule has 0 spiro atoms. The molecule has 0 saturated carbocycles. The summed E-state index contributed by atoms with van der Waals surface area (Å²) < 4.78 is 36.2. The molecular formula is C9H5Cl2F3N2O3. The van der Waals surface area contributed by atoms with Gasteiger partial charge in [-0.15, -0.1) is 5.06 Å². The van der Waals surface area contributed by atoms with Crippen molar-refractivity contribution in [2.45, 2.75) is 6.18 Å². The van der Waals surface area contributed by atoms with E-state index in [9.17, 15) is 22.8 Å². The molecule has 0 aliphatic carbocycles. The average Bonchev–Trinajstić information content (AvgIpc) is 2.28. The fraction of sp³-hybridized carbons (Fsp3) is 0.111. The second kappa shape index (κ2) is 5.54. The zero-order valence-corrected chi connectivity index (χ0v) is 10.4. The highest BCUT2D eigenvalue weighted by atomic mass is 35.5. The number of benzene rings is 1. The summed E-state index contributed by atoms with van der Waals surface area (Å²) in [6, 6.07) is 2.23. The summed E-state index contributed by atoms with van der Waals surface area (Å²) in [6.45, 7) is 0. The van der Waals surface area contributed by atoms with E-state index in [0.717, 1.165) is 6.07 Å². The van der Waals surface area contributed by atoms with Crippen molar-refractivity contribution in [2.75, 3.05) is 5.06 Å². The molecule has 1 rings (SSSR count). The minimum atomic E-state index is -5.29. The summed E-state index contributed by atoms with van der Waals surface area (Å²) in [5.41, 5.74) is 4.43. The molecule has 19 heavy (non-hydrogen) atoms. The van der Waals surface area contributed by atoms with Crippen molar-refractivity contribution in [3.05, 3.63) is 28.2 Å². The van der Waals surface area contributed by atoms with Crippen LogP contribution in [-0.4, -0.2) is 18.2 Å². The molecule has 0 aliphatic rings. The number of urea groups is 1. The van der Waals surface area contributed by atoms with E-state index in [1.165, 1.54) is 12.1 Å². The summed E-state index contributed by atoms with van der Waals surface area (Å²) in [5, 5.41) is -0.448. The first kappa shape index (κ1) is 15.4. The Kier molecular flexibility index (Phi) is 4.48. The first-order chi connectivity index (χ1) is 8.64. The van der Waals surface area contributed by atoms with Crippen molar-refractivity contribution >= 4 is 40.9 Å². The van der Waals surface area contributed by atoms with Crippen LogP contribution >= 0.6 is 23.2 Å². The normalized spacial score (nSPS) is 11.0. The molecule has 0 bridgehead atoms. The predicted molar refractivity (Wildman–Crippen MR) is 60.7 cm³/mol. The molecule has 10 heteroatoms. The van der Waals surface area contributed by atoms with Crippen molar-refractivity contribution in [1.29, 1.82) is 0 Å². The molecule has 0 saturated heterocycles. The van der Waals surface area contributed by atoms with Crippen molar-refractivity contribution in [3.63, 3.8) is 0 Å². The van der Waals surface area contributed by atoms with Gasteiger partial charge in [-0.2, -0.15) is 13.2 Å². The van der Waals surface area contributed by atoms with Crippen LogP contribution in [0.25, 0.3) is 0 Å². The number of nitrogens with two attached hydrogens (primary N) is 1. The first-order valence-corrected chi connectivity index (χ1v) is 5.23. The van der Waals surface area contributed by atoms with Gasteiger partial charge in [0.05, 0.1) is 10.0 Å². The second-order valence-corrected chi connectivity index (χ2v) is 3.87. The maximum Gasteiger partial charge on any atom is 0.493 e. The van der Waals surface area contributed by atoms with Gasteiger partial charge in [-0.1, -0.05) is 29.3 Å². The lowest BCUT2D eigenvalue weighted by Crippen LogP contribution is -2.41. The summed E-state index contributed by atoms with van der Waals surface area (Å²) in [4.78, 5) is 25.6. The summed E-state index contributed by atoms with van der Waals surface area (Å²) in [5.74, 6) is -2.62. The number of halogens is 5. The second-order valence-electron chi connectivity index (χ2n) is 3.08. The Morgan fingerprint density at radius 1 is 1.26 bits per heavy atom. The lowest BCUT2D eigenvalue weighted by Gasteiger charge is -2.20. The minimum Gasteiger partial charge on any atom is -0.349 e. The summed E-state index contributed by atoms with van der Waals surface area (Å²) in [6.07, 6.45) is -5.29. The van der Waals surface area contributed by atoms with Crippen LogP contribution in [0.3, 0.4) is 0 Å². The third-order valence-electron chi connectivity index (χ3n) is 1.76. The van der Waals surface area contributed by atoms with E-state index < -0.39 is 18.2 Å². The van der Waals surface area contributed by atoms with Gasteiger partial charge in [0.25, 0.3) is 0 Å². The van der Waals surface area contributed by atoms with E-state index in [4.69, 9.17) is 28.9 Å². The molecule has 1 aromatic carbocycles. The van der Waals surface area contributed by atoms with Gasteiger partial charge in [0, 0.05) is 0 Å². The van der Waals surface area contributed by atoms with E-state index >= 15 is 0 Å². The van der Waals surface area contributed by atoms with Crippen LogP contribution < -0.4 is 10.8 Å². The topological polar surface area (TPSA) is 72.6 Å². The van der Waals surface area contributed by atoms with E-state index in [1.807, 2.05) is 0 Å². The van der Waals surface area contributed by atoms with Crippen LogP contribution in [0.1, 0.15) is 0 Å². The van der Waals surface area contributed by atoms with Gasteiger partial charge in [-0.25, -0.2) is 9.59 Å². The number of alkyl halides is 3. The lowest BCUT2D eigenvalue weighted by atomic mass is 10.3. The molecule has 2 amide bonds. The number of anilines is 1. The highest BCUT2D eigenvalue weighted by Gasteiger charge is 2.43. The maximum absolute atomic E-state index is 12.1. The smallest absolute Gasteiger partial charge is 0.349 e. The van der Waals surface area contributed by atoms with Gasteiger partial charge in [0.1, 0.15) is 5.69 Å². The van der Waals surface area contributed by atoms with Gasteiger partial charge in [-0.05, 0) is 12.1 Å². The number of hydrogen-bond donors (Lipinski definition) is 1. The van der Waals surface area contributed by atoms with Gasteiger partial charge in [0.2, 0.25) is 0 Å². The third-order valence-corrected chi connectivity index (χ3v) is 2.56. The Morgan fingerprint density at radius 3 is 2.32 bits per heavy atom. The molecular weight excluding hydrogens is 312 g/mol. The SMILES string of the molecule is NC(=O)N(OC(=O)C(F)(F)F)c1cccc(Cl)c1Cl. The Labute approximate surface area is 114 Å². The number of hydrogen-bond acceptors (Lipinski definition) is 3. The zero-order valence-electron chi connectivity index (χ0n) is 8.87. The molecule has 1 aromatic rings. The number of primary amides is 1. The number of hydroxylamine groups is 1. The molecule has 2 N–H and O–H groups in total. The minimum absolute atomic E-state index is 0.0616. The predicted octanol–water partition coefficient (Wildman–Crippen LogP) is 2.90. The van der Waals surface area contributed by atoms with Crippen LogP contribution in [0.2, 0.25) is 10.0 Å². The van der Waals surface area contributed by atoms with E-state index in [2.05, 4.69) is 4.84 Å². The average molecular weight is 317 g/mol. The fourth-order valence-electron chi connectivity index (χ4n) is 0.997. The maximum atomic E-state index is 12.1. The van der Waals surface area contributed by atoms with Crippen LogP contribution in [0.5, 0.6) is 0 Å². The standard InChI is InChI=1S/C9H5Cl2F3N2O3/c10-4-2-1-3-5(6(4)11)16(8(15)18)19-7(17)9(12,13)14/h1-3H,(H2,15,18). The van der Waals surface area contributed by atoms with E-state index in [0.29, 0.717) is 0 Å². The molecule has 0 aromatic heterocycles. The first-order valence-electron chi connectivity index (χ1n) is 4.47. The highest BCUT2D eigenvalue weighted by molar-refractivity contribution is 6.44. The number of amides is 2. The van der Waals surface area contributed by atoms with Gasteiger partial charge in [-0.3, -0.25) is 0 Å². The zero-order chi connectivity index (χ0) is 14.8. The monoisotopic (exact) mass is 316 g/mol. The Balaban J connectivity index is 3.12. The Hall–Kier alpha value is -1.67. The van der Waals surface area contributed by atoms with Crippen LogP contribution in [-0.2, 0) is 9.63 Å². The Bertz CT molecular complexity index is 522. The van der Waals surface area contributed by atoms with Crippen LogP contribution in [0.15, 0.2) is 18.2 Å².